The van der Waals surface area contributed by atoms with E-state index in [0.717, 1.165) is 12.0 Å². The Labute approximate surface area is 186 Å². The van der Waals surface area contributed by atoms with Crippen LogP contribution in [0.15, 0.2) is 71.7 Å². The summed E-state index contributed by atoms with van der Waals surface area (Å²) in [4.78, 5) is 29.8. The molecular weight excluding hydrogens is 412 g/mol. The summed E-state index contributed by atoms with van der Waals surface area (Å²) in [6.45, 7) is 4.42. The largest absolute Gasteiger partial charge is 0.365 e. The Hall–Kier alpha value is -3.12. The molecule has 0 saturated carbocycles. The van der Waals surface area contributed by atoms with Crippen molar-refractivity contribution in [3.8, 4) is 5.69 Å². The molecule has 1 amide bonds. The molecule has 6 nitrogen and oxygen atoms in total. The molecule has 4 rings (SSSR count). The molecule has 3 aromatic rings. The highest BCUT2D eigenvalue weighted by Gasteiger charge is 2.28. The van der Waals surface area contributed by atoms with E-state index >= 15 is 0 Å². The number of para-hydroxylation sites is 1. The highest BCUT2D eigenvalue weighted by molar-refractivity contribution is 6.33. The number of nitrogens with zero attached hydrogens (tertiary/aromatic N) is 4. The van der Waals surface area contributed by atoms with E-state index in [9.17, 15) is 9.59 Å². The SMILES string of the molecule is CCC(C(=O)N1CCN(c2cnn(-c3ccccc3)c(=O)c2Cl)CC1)c1ccccc1. The lowest BCUT2D eigenvalue weighted by Gasteiger charge is -2.37. The van der Waals surface area contributed by atoms with Crippen LogP contribution >= 0.6 is 11.6 Å². The molecular formula is C24H25ClN4O2. The van der Waals surface area contributed by atoms with Gasteiger partial charge < -0.3 is 9.80 Å². The number of aromatic nitrogens is 2. The summed E-state index contributed by atoms with van der Waals surface area (Å²) in [6.07, 6.45) is 2.39. The standard InChI is InChI=1S/C24H25ClN4O2/c1-2-20(18-9-5-3-6-10-18)23(30)28-15-13-27(14-16-28)21-17-26-29(24(31)22(21)25)19-11-7-4-8-12-19/h3-12,17,20H,2,13-16H2,1H3. The minimum absolute atomic E-state index is 0.132. The van der Waals surface area contributed by atoms with Crippen molar-refractivity contribution in [1.29, 1.82) is 0 Å². The van der Waals surface area contributed by atoms with Crippen LogP contribution in [0.3, 0.4) is 0 Å². The van der Waals surface area contributed by atoms with Gasteiger partial charge in [-0.15, -0.1) is 0 Å². The van der Waals surface area contributed by atoms with Crippen LogP contribution in [0.1, 0.15) is 24.8 Å². The van der Waals surface area contributed by atoms with Gasteiger partial charge in [0.2, 0.25) is 5.91 Å². The van der Waals surface area contributed by atoms with Gasteiger partial charge in [-0.2, -0.15) is 9.78 Å². The van der Waals surface area contributed by atoms with Crippen molar-refractivity contribution in [1.82, 2.24) is 14.7 Å². The van der Waals surface area contributed by atoms with Crippen LogP contribution < -0.4 is 10.5 Å². The molecule has 0 spiro atoms. The number of carbonyl (C=O) groups is 1. The summed E-state index contributed by atoms with van der Waals surface area (Å²) >= 11 is 6.44. The van der Waals surface area contributed by atoms with Crippen LogP contribution in [0, 0.1) is 0 Å². The van der Waals surface area contributed by atoms with E-state index in [4.69, 9.17) is 11.6 Å². The van der Waals surface area contributed by atoms with Gasteiger partial charge in [-0.25, -0.2) is 0 Å². The van der Waals surface area contributed by atoms with E-state index in [2.05, 4.69) is 5.10 Å². The first-order chi connectivity index (χ1) is 15.1. The summed E-state index contributed by atoms with van der Waals surface area (Å²) in [5.41, 5.74) is 1.98. The van der Waals surface area contributed by atoms with Crippen molar-refractivity contribution in [2.75, 3.05) is 31.1 Å². The highest BCUT2D eigenvalue weighted by atomic mass is 35.5. The van der Waals surface area contributed by atoms with Gasteiger partial charge in [-0.3, -0.25) is 9.59 Å². The normalized spacial score (nSPS) is 15.0. The highest BCUT2D eigenvalue weighted by Crippen LogP contribution is 2.26. The average molecular weight is 437 g/mol. The van der Waals surface area contributed by atoms with Gasteiger partial charge in [0, 0.05) is 26.2 Å². The van der Waals surface area contributed by atoms with Crippen LogP contribution in [0.25, 0.3) is 5.69 Å². The number of halogens is 1. The van der Waals surface area contributed by atoms with Crippen molar-refractivity contribution in [3.63, 3.8) is 0 Å². The molecule has 1 aliphatic rings. The van der Waals surface area contributed by atoms with Crippen LogP contribution in [-0.4, -0.2) is 46.8 Å². The van der Waals surface area contributed by atoms with Gasteiger partial charge in [0.05, 0.1) is 23.5 Å². The molecule has 0 aliphatic carbocycles. The molecule has 31 heavy (non-hydrogen) atoms. The number of anilines is 1. The van der Waals surface area contributed by atoms with Gasteiger partial charge in [0.15, 0.2) is 0 Å². The summed E-state index contributed by atoms with van der Waals surface area (Å²) in [6, 6.07) is 19.1. The van der Waals surface area contributed by atoms with Gasteiger partial charge in [0.1, 0.15) is 5.02 Å². The average Bonchev–Trinajstić information content (AvgIpc) is 2.82. The maximum Gasteiger partial charge on any atom is 0.292 e. The van der Waals surface area contributed by atoms with Gasteiger partial charge >= 0.3 is 0 Å². The van der Waals surface area contributed by atoms with Crippen molar-refractivity contribution >= 4 is 23.2 Å². The Morgan fingerprint density at radius 1 is 1.00 bits per heavy atom. The summed E-state index contributed by atoms with van der Waals surface area (Å²) in [5.74, 6) is 0.0184. The van der Waals surface area contributed by atoms with Crippen molar-refractivity contribution in [2.45, 2.75) is 19.3 Å². The Kier molecular flexibility index (Phi) is 6.37. The molecule has 1 atom stereocenters. The van der Waals surface area contributed by atoms with E-state index in [0.29, 0.717) is 37.6 Å². The van der Waals surface area contributed by atoms with Crippen LogP contribution in [0.4, 0.5) is 5.69 Å². The summed E-state index contributed by atoms with van der Waals surface area (Å²) < 4.78 is 1.30. The molecule has 1 aliphatic heterocycles. The third-order valence-electron chi connectivity index (χ3n) is 5.74. The molecule has 0 N–H and O–H groups in total. The van der Waals surface area contributed by atoms with E-state index in [-0.39, 0.29) is 22.4 Å². The van der Waals surface area contributed by atoms with Gasteiger partial charge in [-0.05, 0) is 24.1 Å². The minimum atomic E-state index is -0.348. The molecule has 1 aromatic heterocycles. The summed E-state index contributed by atoms with van der Waals surface area (Å²) in [5, 5.41) is 4.46. The number of amides is 1. The number of carbonyl (C=O) groups excluding carboxylic acids is 1. The Bertz CT molecular complexity index is 1090. The topological polar surface area (TPSA) is 58.4 Å². The Morgan fingerprint density at radius 2 is 1.61 bits per heavy atom. The molecule has 0 bridgehead atoms. The Balaban J connectivity index is 1.47. The zero-order chi connectivity index (χ0) is 21.8. The zero-order valence-electron chi connectivity index (χ0n) is 17.4. The fourth-order valence-corrected chi connectivity index (χ4v) is 4.27. The molecule has 1 saturated heterocycles. The lowest BCUT2D eigenvalue weighted by molar-refractivity contribution is -0.133. The monoisotopic (exact) mass is 436 g/mol. The number of benzene rings is 2. The predicted molar refractivity (Wildman–Crippen MR) is 123 cm³/mol. The number of rotatable bonds is 5. The van der Waals surface area contributed by atoms with E-state index < -0.39 is 0 Å². The second-order valence-corrected chi connectivity index (χ2v) is 7.96. The molecule has 0 radical (unpaired) electrons. The van der Waals surface area contributed by atoms with Crippen LogP contribution in [0.5, 0.6) is 0 Å². The van der Waals surface area contributed by atoms with Crippen molar-refractivity contribution < 1.29 is 4.79 Å². The molecule has 1 fully saturated rings. The second-order valence-electron chi connectivity index (χ2n) is 7.58. The number of piperazine rings is 1. The first kappa shape index (κ1) is 21.1. The van der Waals surface area contributed by atoms with E-state index in [1.165, 1.54) is 4.68 Å². The molecule has 1 unspecified atom stereocenters. The van der Waals surface area contributed by atoms with Crippen molar-refractivity contribution in [2.24, 2.45) is 0 Å². The fourth-order valence-electron chi connectivity index (χ4n) is 4.02. The van der Waals surface area contributed by atoms with Crippen molar-refractivity contribution in [3.05, 3.63) is 87.8 Å². The quantitative estimate of drug-likeness (QED) is 0.611. The third-order valence-corrected chi connectivity index (χ3v) is 6.10. The molecule has 7 heteroatoms. The van der Waals surface area contributed by atoms with E-state index in [1.807, 2.05) is 77.4 Å². The minimum Gasteiger partial charge on any atom is -0.365 e. The van der Waals surface area contributed by atoms with Crippen LogP contribution in [-0.2, 0) is 4.79 Å². The lowest BCUT2D eigenvalue weighted by Crippen LogP contribution is -2.50. The van der Waals surface area contributed by atoms with E-state index in [1.54, 1.807) is 6.20 Å². The number of hydrogen-bond acceptors (Lipinski definition) is 4. The lowest BCUT2D eigenvalue weighted by atomic mass is 9.95. The maximum atomic E-state index is 13.1. The predicted octanol–water partition coefficient (Wildman–Crippen LogP) is 3.73. The zero-order valence-corrected chi connectivity index (χ0v) is 18.2. The van der Waals surface area contributed by atoms with Gasteiger partial charge in [0.25, 0.3) is 5.56 Å². The second kappa shape index (κ2) is 9.35. The summed E-state index contributed by atoms with van der Waals surface area (Å²) in [7, 11) is 0. The third kappa shape index (κ3) is 4.35. The fraction of sp³-hybridized carbons (Fsp3) is 0.292. The first-order valence-electron chi connectivity index (χ1n) is 10.5. The molecule has 2 aromatic carbocycles. The van der Waals surface area contributed by atoms with Crippen LogP contribution in [0.2, 0.25) is 5.02 Å². The molecule has 2 heterocycles. The smallest absolute Gasteiger partial charge is 0.292 e. The number of hydrogen-bond donors (Lipinski definition) is 0. The molecule has 160 valence electrons. The maximum absolute atomic E-state index is 13.1. The van der Waals surface area contributed by atoms with Gasteiger partial charge in [-0.1, -0.05) is 67.1 Å². The Morgan fingerprint density at radius 3 is 2.23 bits per heavy atom. The first-order valence-corrected chi connectivity index (χ1v) is 10.9.